The molecule has 0 saturated heterocycles. The average Bonchev–Trinajstić information content (AvgIpc) is 2.57. The fourth-order valence-corrected chi connectivity index (χ4v) is 2.78. The highest BCUT2D eigenvalue weighted by Crippen LogP contribution is 2.30. The molecule has 1 heterocycles. The van der Waals surface area contributed by atoms with Crippen LogP contribution in [0.1, 0.15) is 28.8 Å². The van der Waals surface area contributed by atoms with E-state index >= 15 is 0 Å². The highest BCUT2D eigenvalue weighted by atomic mass is 19.4. The first-order valence-corrected chi connectivity index (χ1v) is 8.18. The van der Waals surface area contributed by atoms with Gasteiger partial charge in [0.25, 0.3) is 5.91 Å². The zero-order chi connectivity index (χ0) is 18.7. The van der Waals surface area contributed by atoms with Crippen LogP contribution in [0.2, 0.25) is 0 Å². The third kappa shape index (κ3) is 4.32. The lowest BCUT2D eigenvalue weighted by Crippen LogP contribution is -2.33. The Hall–Kier alpha value is -2.61. The van der Waals surface area contributed by atoms with Crippen molar-refractivity contribution in [1.29, 1.82) is 0 Å². The first-order valence-electron chi connectivity index (χ1n) is 8.18. The van der Waals surface area contributed by atoms with E-state index in [-0.39, 0.29) is 11.8 Å². The summed E-state index contributed by atoms with van der Waals surface area (Å²) in [4.78, 5) is 16.6. The number of anilines is 2. The van der Waals surface area contributed by atoms with Gasteiger partial charge < -0.3 is 15.7 Å². The van der Waals surface area contributed by atoms with E-state index in [4.69, 9.17) is 0 Å². The number of benzene rings is 1. The van der Waals surface area contributed by atoms with Crippen molar-refractivity contribution in [3.8, 4) is 0 Å². The first-order chi connectivity index (χ1) is 12.3. The van der Waals surface area contributed by atoms with E-state index in [1.807, 2.05) is 0 Å². The van der Waals surface area contributed by atoms with Gasteiger partial charge in [-0.15, -0.1) is 0 Å². The van der Waals surface area contributed by atoms with Gasteiger partial charge in [0.15, 0.2) is 0 Å². The van der Waals surface area contributed by atoms with Crippen molar-refractivity contribution in [2.24, 2.45) is 5.92 Å². The lowest BCUT2D eigenvalue weighted by atomic mass is 9.82. The van der Waals surface area contributed by atoms with Crippen LogP contribution in [0.25, 0.3) is 0 Å². The van der Waals surface area contributed by atoms with Crippen LogP contribution in [-0.4, -0.2) is 28.6 Å². The molecule has 0 bridgehead atoms. The van der Waals surface area contributed by atoms with Gasteiger partial charge in [0.05, 0.1) is 17.2 Å². The number of alkyl halides is 3. The predicted molar refractivity (Wildman–Crippen MR) is 90.9 cm³/mol. The molecular weight excluding hydrogens is 347 g/mol. The molecular formula is C18H18F3N3O2. The van der Waals surface area contributed by atoms with Crippen LogP contribution in [-0.2, 0) is 6.18 Å². The largest absolute Gasteiger partial charge is 0.416 e. The molecule has 8 heteroatoms. The van der Waals surface area contributed by atoms with Crippen LogP contribution < -0.4 is 10.6 Å². The molecule has 0 radical (unpaired) electrons. The normalized spacial score (nSPS) is 19.5. The highest BCUT2D eigenvalue weighted by Gasteiger charge is 2.30. The lowest BCUT2D eigenvalue weighted by Gasteiger charge is -2.31. The summed E-state index contributed by atoms with van der Waals surface area (Å²) in [6.45, 7) is 0.592. The maximum atomic E-state index is 12.6. The second-order valence-corrected chi connectivity index (χ2v) is 6.30. The fourth-order valence-electron chi connectivity index (χ4n) is 2.78. The van der Waals surface area contributed by atoms with E-state index in [2.05, 4.69) is 15.6 Å². The smallest absolute Gasteiger partial charge is 0.393 e. The van der Waals surface area contributed by atoms with Crippen molar-refractivity contribution in [1.82, 2.24) is 4.98 Å². The topological polar surface area (TPSA) is 74.2 Å². The van der Waals surface area contributed by atoms with Gasteiger partial charge in [-0.25, -0.2) is 4.98 Å². The predicted octanol–water partition coefficient (Wildman–Crippen LogP) is 3.54. The Bertz CT molecular complexity index is 772. The molecule has 0 aliphatic heterocycles. The Balaban J connectivity index is 1.66. The maximum Gasteiger partial charge on any atom is 0.416 e. The second kappa shape index (κ2) is 7.33. The van der Waals surface area contributed by atoms with Gasteiger partial charge in [-0.05, 0) is 55.2 Å². The number of aliphatic hydroxyl groups excluding tert-OH is 1. The zero-order valence-corrected chi connectivity index (χ0v) is 13.8. The summed E-state index contributed by atoms with van der Waals surface area (Å²) in [5, 5.41) is 15.0. The summed E-state index contributed by atoms with van der Waals surface area (Å²) in [5.74, 6) is 0.269. The third-order valence-corrected chi connectivity index (χ3v) is 4.29. The molecule has 0 unspecified atom stereocenters. The Kier molecular flexibility index (Phi) is 5.13. The zero-order valence-electron chi connectivity index (χ0n) is 13.8. The molecule has 3 N–H and O–H groups in total. The number of aliphatic hydroxyl groups is 1. The van der Waals surface area contributed by atoms with Crippen LogP contribution >= 0.6 is 0 Å². The minimum atomic E-state index is -4.42. The fraction of sp³-hybridized carbons (Fsp3) is 0.333. The molecule has 0 atom stereocenters. The molecule has 2 aromatic rings. The van der Waals surface area contributed by atoms with Crippen molar-refractivity contribution in [3.63, 3.8) is 0 Å². The minimum absolute atomic E-state index is 0.257. The highest BCUT2D eigenvalue weighted by molar-refractivity contribution is 6.07. The van der Waals surface area contributed by atoms with Crippen LogP contribution in [0.15, 0.2) is 42.6 Å². The summed E-state index contributed by atoms with van der Waals surface area (Å²) in [6, 6.07) is 7.45. The molecule has 5 nitrogen and oxygen atoms in total. The second-order valence-electron chi connectivity index (χ2n) is 6.30. The van der Waals surface area contributed by atoms with Gasteiger partial charge in [-0.2, -0.15) is 13.2 Å². The number of nitrogens with zero attached hydrogens (tertiary/aromatic N) is 1. The van der Waals surface area contributed by atoms with Crippen LogP contribution in [0.3, 0.4) is 0 Å². The Labute approximate surface area is 148 Å². The van der Waals surface area contributed by atoms with E-state index in [1.165, 1.54) is 12.1 Å². The van der Waals surface area contributed by atoms with Crippen molar-refractivity contribution >= 4 is 17.4 Å². The summed E-state index contributed by atoms with van der Waals surface area (Å²) in [7, 11) is 0. The molecule has 26 heavy (non-hydrogen) atoms. The number of hydrogen-bond acceptors (Lipinski definition) is 4. The van der Waals surface area contributed by atoms with E-state index in [0.717, 1.165) is 12.1 Å². The number of pyridine rings is 1. The maximum absolute atomic E-state index is 12.6. The van der Waals surface area contributed by atoms with Crippen LogP contribution in [0.5, 0.6) is 0 Å². The van der Waals surface area contributed by atoms with Crippen LogP contribution in [0.4, 0.5) is 24.7 Å². The standard InChI is InChI=1S/C18H18F3N3O2/c19-18(20,21)12-3-5-13(6-4-12)24-17(26)15-2-1-7-22-16(15)23-10-11-8-14(25)9-11/h1-7,11,14,25H,8-10H2,(H,22,23)(H,24,26)/t11-,14+. The first kappa shape index (κ1) is 18.2. The molecule has 1 fully saturated rings. The number of carbonyl (C=O) groups is 1. The van der Waals surface area contributed by atoms with E-state index in [9.17, 15) is 23.1 Å². The molecule has 1 saturated carbocycles. The Morgan fingerprint density at radius 3 is 2.50 bits per heavy atom. The number of carbonyl (C=O) groups excluding carboxylic acids is 1. The number of halogens is 3. The summed E-state index contributed by atoms with van der Waals surface area (Å²) in [6.07, 6.45) is -1.70. The Morgan fingerprint density at radius 2 is 1.88 bits per heavy atom. The molecule has 1 amide bonds. The number of aromatic nitrogens is 1. The van der Waals surface area contributed by atoms with Gasteiger partial charge >= 0.3 is 6.18 Å². The molecule has 1 aromatic carbocycles. The molecule has 0 spiro atoms. The van der Waals surface area contributed by atoms with Crippen molar-refractivity contribution in [2.45, 2.75) is 25.1 Å². The Morgan fingerprint density at radius 1 is 1.19 bits per heavy atom. The summed E-state index contributed by atoms with van der Waals surface area (Å²) >= 11 is 0. The monoisotopic (exact) mass is 365 g/mol. The molecule has 138 valence electrons. The van der Waals surface area contributed by atoms with E-state index in [1.54, 1.807) is 18.3 Å². The quantitative estimate of drug-likeness (QED) is 0.758. The van der Waals surface area contributed by atoms with Crippen molar-refractivity contribution in [2.75, 3.05) is 17.2 Å². The van der Waals surface area contributed by atoms with E-state index in [0.29, 0.717) is 36.7 Å². The number of rotatable bonds is 5. The molecule has 1 aliphatic rings. The number of nitrogens with one attached hydrogen (secondary N) is 2. The lowest BCUT2D eigenvalue weighted by molar-refractivity contribution is -0.137. The van der Waals surface area contributed by atoms with Gasteiger partial charge in [0.1, 0.15) is 5.82 Å². The van der Waals surface area contributed by atoms with Crippen molar-refractivity contribution < 1.29 is 23.1 Å². The number of hydrogen-bond donors (Lipinski definition) is 3. The molecule has 3 rings (SSSR count). The SMILES string of the molecule is O=C(Nc1ccc(C(F)(F)F)cc1)c1cccnc1NC[C@H]1C[C@@H](O)C1. The van der Waals surface area contributed by atoms with Crippen molar-refractivity contribution in [3.05, 3.63) is 53.7 Å². The minimum Gasteiger partial charge on any atom is -0.393 e. The van der Waals surface area contributed by atoms with Gasteiger partial charge in [0.2, 0.25) is 0 Å². The molecule has 1 aromatic heterocycles. The van der Waals surface area contributed by atoms with Gasteiger partial charge in [-0.1, -0.05) is 0 Å². The molecule has 1 aliphatic carbocycles. The van der Waals surface area contributed by atoms with Gasteiger partial charge in [0, 0.05) is 18.4 Å². The summed E-state index contributed by atoms with van der Waals surface area (Å²) < 4.78 is 37.8. The van der Waals surface area contributed by atoms with Gasteiger partial charge in [-0.3, -0.25) is 4.79 Å². The van der Waals surface area contributed by atoms with E-state index < -0.39 is 17.6 Å². The van der Waals surface area contributed by atoms with Crippen LogP contribution in [0, 0.1) is 5.92 Å². The summed E-state index contributed by atoms with van der Waals surface area (Å²) in [5.41, 5.74) is -0.214. The average molecular weight is 365 g/mol. The third-order valence-electron chi connectivity index (χ3n) is 4.29. The number of amides is 1.